The van der Waals surface area contributed by atoms with Crippen LogP contribution in [0, 0.1) is 12.8 Å². The molecule has 10 heteroatoms. The fourth-order valence-electron chi connectivity index (χ4n) is 6.89. The molecule has 1 aromatic heterocycles. The second-order valence-electron chi connectivity index (χ2n) is 12.6. The molecule has 2 aliphatic carbocycles. The molecule has 9 nitrogen and oxygen atoms in total. The number of amides is 1. The number of hydrogen-bond donors (Lipinski definition) is 2. The number of aromatic nitrogens is 1. The Hall–Kier alpha value is -2.20. The number of carbonyl (C=O) groups is 1. The lowest BCUT2D eigenvalue weighted by atomic mass is 9.77. The molecule has 2 saturated carbocycles. The number of unbranched alkanes of at least 4 members (excludes halogenated alkanes) is 2. The van der Waals surface area contributed by atoms with Gasteiger partial charge in [0.2, 0.25) is 11.9 Å². The molecule has 0 aromatic carbocycles. The Balaban J connectivity index is 1.50. The van der Waals surface area contributed by atoms with Crippen molar-refractivity contribution in [2.75, 3.05) is 24.6 Å². The highest BCUT2D eigenvalue weighted by Crippen LogP contribution is 2.42. The zero-order valence-electron chi connectivity index (χ0n) is 25.4. The molecule has 1 aromatic rings. The van der Waals surface area contributed by atoms with E-state index in [9.17, 15) is 18.3 Å². The van der Waals surface area contributed by atoms with Crippen molar-refractivity contribution in [2.24, 2.45) is 16.0 Å². The summed E-state index contributed by atoms with van der Waals surface area (Å²) in [4.78, 5) is 19.2. The summed E-state index contributed by atoms with van der Waals surface area (Å²) in [6, 6.07) is 2.58. The lowest BCUT2D eigenvalue weighted by molar-refractivity contribution is -0.136. The normalized spacial score (nSPS) is 27.8. The summed E-state index contributed by atoms with van der Waals surface area (Å²) < 4.78 is 25.7. The summed E-state index contributed by atoms with van der Waals surface area (Å²) in [6.45, 7) is 11.0. The fourth-order valence-corrected chi connectivity index (χ4v) is 8.09. The van der Waals surface area contributed by atoms with E-state index < -0.39 is 9.84 Å². The molecule has 1 saturated heterocycles. The summed E-state index contributed by atoms with van der Waals surface area (Å²) >= 11 is 0. The van der Waals surface area contributed by atoms with Crippen molar-refractivity contribution in [3.8, 4) is 0 Å². The third-order valence-electron chi connectivity index (χ3n) is 9.53. The van der Waals surface area contributed by atoms with Crippen molar-refractivity contribution >= 4 is 28.4 Å². The van der Waals surface area contributed by atoms with Gasteiger partial charge >= 0.3 is 0 Å². The first-order valence-electron chi connectivity index (χ1n) is 15.8. The maximum Gasteiger partial charge on any atom is 0.240 e. The molecular formula is C31H51N5O4S. The van der Waals surface area contributed by atoms with Crippen LogP contribution >= 0.6 is 0 Å². The van der Waals surface area contributed by atoms with Crippen LogP contribution in [-0.4, -0.2) is 78.4 Å². The van der Waals surface area contributed by atoms with Gasteiger partial charge in [0, 0.05) is 42.4 Å². The minimum Gasteiger partial charge on any atom is -0.393 e. The number of rotatable bonds is 9. The number of nitrogens with one attached hydrogen (secondary N) is 1. The summed E-state index contributed by atoms with van der Waals surface area (Å²) in [6.07, 6.45) is 11.4. The molecule has 0 unspecified atom stereocenters. The second kappa shape index (κ2) is 14.3. The largest absolute Gasteiger partial charge is 0.393 e. The molecule has 3 aliphatic rings. The smallest absolute Gasteiger partial charge is 0.240 e. The van der Waals surface area contributed by atoms with E-state index in [4.69, 9.17) is 5.10 Å². The molecule has 41 heavy (non-hydrogen) atoms. The molecule has 230 valence electrons. The van der Waals surface area contributed by atoms with E-state index in [2.05, 4.69) is 48.5 Å². The molecule has 0 spiro atoms. The highest BCUT2D eigenvalue weighted by atomic mass is 32.2. The first-order chi connectivity index (χ1) is 19.6. The van der Waals surface area contributed by atoms with Gasteiger partial charge in [-0.15, -0.1) is 5.10 Å². The zero-order chi connectivity index (χ0) is 29.6. The number of aliphatic hydroxyl groups excluding tert-OH is 1. The average Bonchev–Trinajstić information content (AvgIpc) is 3.28. The number of aliphatic hydroxyl groups is 1. The number of aliphatic imine (C=N–C) groups is 1. The van der Waals surface area contributed by atoms with Gasteiger partial charge in [0.1, 0.15) is 0 Å². The molecule has 3 fully saturated rings. The van der Waals surface area contributed by atoms with Crippen LogP contribution in [0.25, 0.3) is 0 Å². The van der Waals surface area contributed by atoms with Crippen molar-refractivity contribution < 1.29 is 18.3 Å². The van der Waals surface area contributed by atoms with E-state index in [1.807, 2.05) is 0 Å². The maximum absolute atomic E-state index is 13.2. The minimum atomic E-state index is -3.00. The number of sulfone groups is 1. The predicted octanol–water partition coefficient (Wildman–Crippen LogP) is 4.72. The molecule has 1 aliphatic heterocycles. The van der Waals surface area contributed by atoms with Crippen LogP contribution in [-0.2, 0) is 14.6 Å². The topological polar surface area (TPSA) is 116 Å². The van der Waals surface area contributed by atoms with Crippen molar-refractivity contribution in [1.29, 1.82) is 0 Å². The van der Waals surface area contributed by atoms with Gasteiger partial charge < -0.3 is 15.3 Å². The lowest BCUT2D eigenvalue weighted by Gasteiger charge is -2.34. The summed E-state index contributed by atoms with van der Waals surface area (Å²) in [5.41, 5.74) is 3.59. The van der Waals surface area contributed by atoms with Crippen LogP contribution in [0.4, 0.5) is 0 Å². The van der Waals surface area contributed by atoms with Crippen LogP contribution < -0.4 is 5.32 Å². The highest BCUT2D eigenvalue weighted by molar-refractivity contribution is 7.91. The first kappa shape index (κ1) is 31.7. The highest BCUT2D eigenvalue weighted by Gasteiger charge is 2.34. The Morgan fingerprint density at radius 2 is 1.71 bits per heavy atom. The van der Waals surface area contributed by atoms with Gasteiger partial charge in [0.25, 0.3) is 0 Å². The van der Waals surface area contributed by atoms with Gasteiger partial charge in [0.05, 0.1) is 17.6 Å². The van der Waals surface area contributed by atoms with Gasteiger partial charge in [-0.1, -0.05) is 26.2 Å². The Morgan fingerprint density at radius 3 is 2.32 bits per heavy atom. The zero-order valence-corrected chi connectivity index (χ0v) is 26.2. The van der Waals surface area contributed by atoms with Crippen LogP contribution in [0.15, 0.2) is 16.2 Å². The molecule has 2 N–H and O–H groups in total. The second-order valence-corrected chi connectivity index (χ2v) is 14.9. The Labute approximate surface area is 246 Å². The molecule has 4 rings (SSSR count). The van der Waals surface area contributed by atoms with Gasteiger partial charge in [-0.2, -0.15) is 0 Å². The predicted molar refractivity (Wildman–Crippen MR) is 165 cm³/mol. The third-order valence-corrected chi connectivity index (χ3v) is 11.1. The lowest BCUT2D eigenvalue weighted by Crippen LogP contribution is -2.46. The number of nitrogens with zero attached hydrogens (tertiary/aromatic N) is 4. The van der Waals surface area contributed by atoms with Crippen LogP contribution in [0.2, 0.25) is 0 Å². The summed E-state index contributed by atoms with van der Waals surface area (Å²) in [5.74, 6) is 1.48. The van der Waals surface area contributed by atoms with Crippen LogP contribution in [0.3, 0.4) is 0 Å². The minimum absolute atomic E-state index is 0.0262. The van der Waals surface area contributed by atoms with Crippen molar-refractivity contribution in [2.45, 2.75) is 122 Å². The van der Waals surface area contributed by atoms with Gasteiger partial charge in [-0.25, -0.2) is 18.1 Å². The van der Waals surface area contributed by atoms with E-state index >= 15 is 0 Å². The van der Waals surface area contributed by atoms with E-state index in [-0.39, 0.29) is 35.5 Å². The van der Waals surface area contributed by atoms with E-state index in [1.165, 1.54) is 30.5 Å². The Morgan fingerprint density at radius 1 is 1.07 bits per heavy atom. The SMILES string of the molecule is C=N/C(=N\n1c(C)c([C@H]2CC[C@@H](C(=O)N3CCS(=O)(=O)CC3)CC2)cc1[C@H]1CC[C@H](O)CC1)N[C@@H](C)CCCCC. The van der Waals surface area contributed by atoms with E-state index in [0.717, 1.165) is 63.5 Å². The van der Waals surface area contributed by atoms with Crippen molar-refractivity contribution in [3.63, 3.8) is 0 Å². The molecule has 2 heterocycles. The number of hydrogen-bond acceptors (Lipinski definition) is 5. The molecule has 1 amide bonds. The molecule has 0 bridgehead atoms. The first-order valence-corrected chi connectivity index (χ1v) is 17.7. The quantitative estimate of drug-likeness (QED) is 0.246. The van der Waals surface area contributed by atoms with Gasteiger partial charge in [-0.3, -0.25) is 4.79 Å². The third kappa shape index (κ3) is 8.21. The molecule has 0 radical (unpaired) electrons. The average molecular weight is 590 g/mol. The monoisotopic (exact) mass is 589 g/mol. The summed E-state index contributed by atoms with van der Waals surface area (Å²) in [7, 11) is -3.00. The summed E-state index contributed by atoms with van der Waals surface area (Å²) in [5, 5.41) is 18.6. The maximum atomic E-state index is 13.2. The Kier molecular flexibility index (Phi) is 11.1. The molecule has 1 atom stereocenters. The van der Waals surface area contributed by atoms with Gasteiger partial charge in [-0.05, 0) is 95.9 Å². The van der Waals surface area contributed by atoms with Crippen molar-refractivity contribution in [1.82, 2.24) is 14.9 Å². The number of carbonyl (C=O) groups excluding carboxylic acids is 1. The standard InChI is InChI=1S/C31H51N5O4S/c1-5-6-7-8-22(2)33-31(32-4)34-36-23(3)28(21-29(36)25-13-15-27(37)16-14-25)24-9-11-26(12-10-24)30(38)35-17-19-41(39,40)20-18-35/h21-22,24-27,37H,4-20H2,1-3H3,(H,33,34)/t22-,24-,25-,26+,27-/m0/s1. The fraction of sp³-hybridized carbons (Fsp3) is 0.774. The van der Waals surface area contributed by atoms with Crippen LogP contribution in [0.1, 0.15) is 120 Å². The molecular weight excluding hydrogens is 538 g/mol. The van der Waals surface area contributed by atoms with Crippen molar-refractivity contribution in [3.05, 3.63) is 23.0 Å². The van der Waals surface area contributed by atoms with E-state index in [1.54, 1.807) is 4.90 Å². The van der Waals surface area contributed by atoms with Gasteiger partial charge in [0.15, 0.2) is 9.84 Å². The van der Waals surface area contributed by atoms with Crippen LogP contribution in [0.5, 0.6) is 0 Å². The van der Waals surface area contributed by atoms with E-state index in [0.29, 0.717) is 30.9 Å². The Bertz CT molecular complexity index is 1160. The number of guanidine groups is 1.